The van der Waals surface area contributed by atoms with Crippen molar-refractivity contribution in [2.45, 2.75) is 27.2 Å². The Hall–Kier alpha value is -1.95. The normalized spacial score (nSPS) is 10.4. The number of hydrogen-bond acceptors (Lipinski definition) is 5. The Morgan fingerprint density at radius 1 is 1.38 bits per heavy atom. The maximum Gasteiger partial charge on any atom is 0.254 e. The summed E-state index contributed by atoms with van der Waals surface area (Å²) in [6, 6.07) is 1.89. The van der Waals surface area contributed by atoms with E-state index in [1.54, 1.807) is 17.5 Å². The molecule has 2 rings (SSSR count). The minimum atomic E-state index is -0.106. The predicted molar refractivity (Wildman–Crippen MR) is 86.0 cm³/mol. The van der Waals surface area contributed by atoms with Crippen LogP contribution in [0.5, 0.6) is 0 Å². The van der Waals surface area contributed by atoms with Gasteiger partial charge in [0.25, 0.3) is 5.91 Å². The zero-order valence-corrected chi connectivity index (χ0v) is 13.4. The Labute approximate surface area is 128 Å². The van der Waals surface area contributed by atoms with Gasteiger partial charge in [0.05, 0.1) is 22.0 Å². The van der Waals surface area contributed by atoms with Gasteiger partial charge >= 0.3 is 0 Å². The van der Waals surface area contributed by atoms with Crippen molar-refractivity contribution in [2.24, 2.45) is 0 Å². The number of aromatic nitrogens is 2. The third kappa shape index (κ3) is 4.26. The average Bonchev–Trinajstić information content (AvgIpc) is 2.85. The number of pyridine rings is 1. The molecule has 2 aromatic heterocycles. The highest BCUT2D eigenvalue weighted by Crippen LogP contribution is 2.15. The fourth-order valence-corrected chi connectivity index (χ4v) is 2.65. The minimum absolute atomic E-state index is 0.106. The van der Waals surface area contributed by atoms with Crippen LogP contribution >= 0.6 is 11.3 Å². The van der Waals surface area contributed by atoms with E-state index in [4.69, 9.17) is 0 Å². The first kappa shape index (κ1) is 15.4. The Kier molecular flexibility index (Phi) is 5.27. The van der Waals surface area contributed by atoms with Gasteiger partial charge in [-0.1, -0.05) is 0 Å². The lowest BCUT2D eigenvalue weighted by molar-refractivity contribution is 0.0954. The van der Waals surface area contributed by atoms with Crippen molar-refractivity contribution in [1.82, 2.24) is 15.3 Å². The van der Waals surface area contributed by atoms with E-state index >= 15 is 0 Å². The molecule has 0 fully saturated rings. The summed E-state index contributed by atoms with van der Waals surface area (Å²) >= 11 is 1.63. The minimum Gasteiger partial charge on any atom is -0.385 e. The summed E-state index contributed by atoms with van der Waals surface area (Å²) in [4.78, 5) is 20.8. The van der Waals surface area contributed by atoms with Gasteiger partial charge in [0, 0.05) is 36.8 Å². The Morgan fingerprint density at radius 2 is 2.19 bits per heavy atom. The van der Waals surface area contributed by atoms with Crippen LogP contribution in [0.2, 0.25) is 0 Å². The molecule has 0 aliphatic rings. The summed E-state index contributed by atoms with van der Waals surface area (Å²) in [5.41, 5.74) is 3.32. The second kappa shape index (κ2) is 7.17. The van der Waals surface area contributed by atoms with Crippen LogP contribution in [0, 0.1) is 13.8 Å². The Morgan fingerprint density at radius 3 is 2.86 bits per heavy atom. The first-order chi connectivity index (χ1) is 10.1. The number of nitrogens with one attached hydrogen (secondary N) is 2. The third-order valence-corrected chi connectivity index (χ3v) is 3.81. The standard InChI is InChI=1S/C15H20N4OS/c1-4-16-14-7-10(2)18-8-13(14)15(20)17-6-5-12-9-21-11(3)19-12/h7-9H,4-6H2,1-3H3,(H,16,18)(H,17,20). The SMILES string of the molecule is CCNc1cc(C)ncc1C(=O)NCCc1csc(C)n1. The lowest BCUT2D eigenvalue weighted by Crippen LogP contribution is -2.27. The van der Waals surface area contributed by atoms with E-state index in [1.165, 1.54) is 0 Å². The second-order valence-corrected chi connectivity index (χ2v) is 5.83. The Bertz CT molecular complexity index is 624. The molecule has 0 atom stereocenters. The van der Waals surface area contributed by atoms with E-state index in [0.717, 1.165) is 35.0 Å². The number of nitrogens with zero attached hydrogens (tertiary/aromatic N) is 2. The number of hydrogen-bond donors (Lipinski definition) is 2. The number of rotatable bonds is 6. The molecule has 0 saturated heterocycles. The zero-order valence-electron chi connectivity index (χ0n) is 12.6. The summed E-state index contributed by atoms with van der Waals surface area (Å²) in [6.45, 7) is 7.23. The van der Waals surface area contributed by atoms with Crippen LogP contribution in [0.4, 0.5) is 5.69 Å². The van der Waals surface area contributed by atoms with Crippen molar-refractivity contribution in [3.63, 3.8) is 0 Å². The first-order valence-electron chi connectivity index (χ1n) is 7.00. The fourth-order valence-electron chi connectivity index (χ4n) is 2.00. The molecule has 1 amide bonds. The van der Waals surface area contributed by atoms with Crippen LogP contribution in [-0.2, 0) is 6.42 Å². The van der Waals surface area contributed by atoms with Gasteiger partial charge in [-0.15, -0.1) is 11.3 Å². The second-order valence-electron chi connectivity index (χ2n) is 4.77. The van der Waals surface area contributed by atoms with Crippen LogP contribution in [-0.4, -0.2) is 29.0 Å². The lowest BCUT2D eigenvalue weighted by atomic mass is 10.2. The average molecular weight is 304 g/mol. The van der Waals surface area contributed by atoms with Gasteiger partial charge in [0.15, 0.2) is 0 Å². The molecule has 2 heterocycles. The topological polar surface area (TPSA) is 66.9 Å². The molecule has 0 unspecified atom stereocenters. The highest BCUT2D eigenvalue weighted by atomic mass is 32.1. The molecular formula is C15H20N4OS. The van der Waals surface area contributed by atoms with Crippen molar-refractivity contribution < 1.29 is 4.79 Å². The predicted octanol–water partition coefficient (Wildman–Crippen LogP) is 2.56. The summed E-state index contributed by atoms with van der Waals surface area (Å²) in [6.07, 6.45) is 2.36. The van der Waals surface area contributed by atoms with E-state index in [1.807, 2.05) is 32.2 Å². The van der Waals surface area contributed by atoms with Crippen molar-refractivity contribution >= 4 is 22.9 Å². The molecule has 2 aromatic rings. The summed E-state index contributed by atoms with van der Waals surface area (Å²) in [5, 5.41) is 9.19. The lowest BCUT2D eigenvalue weighted by Gasteiger charge is -2.11. The van der Waals surface area contributed by atoms with Crippen LogP contribution in [0.1, 0.15) is 33.7 Å². The molecule has 0 radical (unpaired) electrons. The molecule has 2 N–H and O–H groups in total. The molecule has 21 heavy (non-hydrogen) atoms. The molecule has 0 spiro atoms. The van der Waals surface area contributed by atoms with Gasteiger partial charge in [0.1, 0.15) is 0 Å². The van der Waals surface area contributed by atoms with Crippen LogP contribution in [0.25, 0.3) is 0 Å². The molecule has 0 aliphatic carbocycles. The summed E-state index contributed by atoms with van der Waals surface area (Å²) in [7, 11) is 0. The molecule has 0 aromatic carbocycles. The number of anilines is 1. The number of carbonyl (C=O) groups excluding carboxylic acids is 1. The number of thiazole rings is 1. The van der Waals surface area contributed by atoms with Gasteiger partial charge < -0.3 is 10.6 Å². The first-order valence-corrected chi connectivity index (χ1v) is 7.88. The molecule has 6 heteroatoms. The van der Waals surface area contributed by atoms with Crippen molar-refractivity contribution in [2.75, 3.05) is 18.4 Å². The number of aryl methyl sites for hydroxylation is 2. The van der Waals surface area contributed by atoms with Gasteiger partial charge in [-0.05, 0) is 26.8 Å². The maximum absolute atomic E-state index is 12.2. The monoisotopic (exact) mass is 304 g/mol. The summed E-state index contributed by atoms with van der Waals surface area (Å²) in [5.74, 6) is -0.106. The fraction of sp³-hybridized carbons (Fsp3) is 0.400. The van der Waals surface area contributed by atoms with Crippen LogP contribution < -0.4 is 10.6 Å². The maximum atomic E-state index is 12.2. The van der Waals surface area contributed by atoms with Gasteiger partial charge in [-0.3, -0.25) is 9.78 Å². The zero-order chi connectivity index (χ0) is 15.2. The van der Waals surface area contributed by atoms with Crippen LogP contribution in [0.15, 0.2) is 17.6 Å². The van der Waals surface area contributed by atoms with Gasteiger partial charge in [-0.25, -0.2) is 4.98 Å². The molecule has 0 saturated carbocycles. The Balaban J connectivity index is 1.96. The van der Waals surface area contributed by atoms with E-state index < -0.39 is 0 Å². The molecule has 5 nitrogen and oxygen atoms in total. The molecule has 112 valence electrons. The van der Waals surface area contributed by atoms with Crippen molar-refractivity contribution in [3.8, 4) is 0 Å². The highest BCUT2D eigenvalue weighted by molar-refractivity contribution is 7.09. The third-order valence-electron chi connectivity index (χ3n) is 2.99. The van der Waals surface area contributed by atoms with E-state index in [9.17, 15) is 4.79 Å². The van der Waals surface area contributed by atoms with Crippen molar-refractivity contribution in [3.05, 3.63) is 39.6 Å². The van der Waals surface area contributed by atoms with Gasteiger partial charge in [0.2, 0.25) is 0 Å². The van der Waals surface area contributed by atoms with Gasteiger partial charge in [-0.2, -0.15) is 0 Å². The van der Waals surface area contributed by atoms with E-state index in [-0.39, 0.29) is 5.91 Å². The van der Waals surface area contributed by atoms with E-state index in [0.29, 0.717) is 12.1 Å². The number of carbonyl (C=O) groups is 1. The van der Waals surface area contributed by atoms with Crippen LogP contribution in [0.3, 0.4) is 0 Å². The quantitative estimate of drug-likeness (QED) is 0.860. The number of amides is 1. The van der Waals surface area contributed by atoms with Crippen molar-refractivity contribution in [1.29, 1.82) is 0 Å². The highest BCUT2D eigenvalue weighted by Gasteiger charge is 2.11. The van der Waals surface area contributed by atoms with E-state index in [2.05, 4.69) is 20.6 Å². The largest absolute Gasteiger partial charge is 0.385 e. The smallest absolute Gasteiger partial charge is 0.254 e. The molecule has 0 bridgehead atoms. The molecular weight excluding hydrogens is 284 g/mol. The molecule has 0 aliphatic heterocycles. The summed E-state index contributed by atoms with van der Waals surface area (Å²) < 4.78 is 0.